The van der Waals surface area contributed by atoms with Crippen LogP contribution >= 0.6 is 0 Å². The third-order valence-electron chi connectivity index (χ3n) is 4.46. The van der Waals surface area contributed by atoms with Crippen molar-refractivity contribution in [2.24, 2.45) is 0 Å². The highest BCUT2D eigenvalue weighted by Crippen LogP contribution is 2.32. The Morgan fingerprint density at radius 1 is 0.960 bits per heavy atom. The summed E-state index contributed by atoms with van der Waals surface area (Å²) in [6, 6.07) is 18.8. The first-order valence-electron chi connectivity index (χ1n) is 8.69. The number of rotatable bonds is 6. The second-order valence-electron chi connectivity index (χ2n) is 6.08. The molecular formula is C21H22NO3+. The van der Waals surface area contributed by atoms with Crippen LogP contribution in [0.5, 0.6) is 17.2 Å². The van der Waals surface area contributed by atoms with Crippen molar-refractivity contribution in [1.29, 1.82) is 0 Å². The molecule has 4 rings (SSSR count). The number of nitrogens with two attached hydrogens (primary N) is 1. The van der Waals surface area contributed by atoms with E-state index < -0.39 is 0 Å². The summed E-state index contributed by atoms with van der Waals surface area (Å²) >= 11 is 0. The fraction of sp³-hybridized carbons (Fsp3) is 0.238. The van der Waals surface area contributed by atoms with Crippen LogP contribution in [0.1, 0.15) is 18.1 Å². The van der Waals surface area contributed by atoms with Crippen molar-refractivity contribution < 1.29 is 19.5 Å². The Balaban J connectivity index is 1.53. The van der Waals surface area contributed by atoms with Crippen LogP contribution in [0.15, 0.2) is 54.6 Å². The number of ether oxygens (including phenoxy) is 3. The lowest BCUT2D eigenvalue weighted by Crippen LogP contribution is -2.80. The number of hydrogen-bond donors (Lipinski definition) is 1. The lowest BCUT2D eigenvalue weighted by atomic mass is 10.0. The van der Waals surface area contributed by atoms with Crippen molar-refractivity contribution in [3.63, 3.8) is 0 Å². The second kappa shape index (κ2) is 7.03. The highest BCUT2D eigenvalue weighted by Gasteiger charge is 2.14. The molecule has 0 fully saturated rings. The SMILES string of the molecule is CCOc1ccc2ccccc2c1C[NH2+]Cc1ccc2c(c1)OCO2. The summed E-state index contributed by atoms with van der Waals surface area (Å²) < 4.78 is 16.7. The molecule has 1 heterocycles. The minimum atomic E-state index is 0.316. The van der Waals surface area contributed by atoms with E-state index in [1.165, 1.54) is 21.9 Å². The van der Waals surface area contributed by atoms with Gasteiger partial charge in [-0.05, 0) is 42.0 Å². The van der Waals surface area contributed by atoms with Crippen LogP contribution in [0.2, 0.25) is 0 Å². The molecule has 4 heteroatoms. The Morgan fingerprint density at radius 3 is 2.76 bits per heavy atom. The molecule has 3 aromatic carbocycles. The Kier molecular flexibility index (Phi) is 4.44. The van der Waals surface area contributed by atoms with Crippen LogP contribution in [-0.4, -0.2) is 13.4 Å². The minimum Gasteiger partial charge on any atom is -0.493 e. The van der Waals surface area contributed by atoms with Gasteiger partial charge in [0.05, 0.1) is 12.2 Å². The van der Waals surface area contributed by atoms with Gasteiger partial charge in [-0.2, -0.15) is 0 Å². The predicted octanol–water partition coefficient (Wildman–Crippen LogP) is 3.23. The van der Waals surface area contributed by atoms with Gasteiger partial charge in [0.1, 0.15) is 18.8 Å². The van der Waals surface area contributed by atoms with Gasteiger partial charge in [-0.15, -0.1) is 0 Å². The molecule has 1 aliphatic rings. The van der Waals surface area contributed by atoms with E-state index >= 15 is 0 Å². The zero-order valence-electron chi connectivity index (χ0n) is 14.3. The molecule has 1 aliphatic heterocycles. The summed E-state index contributed by atoms with van der Waals surface area (Å²) in [6.07, 6.45) is 0. The summed E-state index contributed by atoms with van der Waals surface area (Å²) in [6.45, 7) is 4.76. The number of fused-ring (bicyclic) bond motifs is 2. The molecule has 0 saturated carbocycles. The van der Waals surface area contributed by atoms with Gasteiger partial charge in [0.25, 0.3) is 0 Å². The molecule has 0 amide bonds. The quantitative estimate of drug-likeness (QED) is 0.752. The molecule has 0 spiro atoms. The fourth-order valence-corrected chi connectivity index (χ4v) is 3.27. The number of benzene rings is 3. The molecule has 25 heavy (non-hydrogen) atoms. The van der Waals surface area contributed by atoms with Crippen molar-refractivity contribution in [3.8, 4) is 17.2 Å². The van der Waals surface area contributed by atoms with Crippen molar-refractivity contribution >= 4 is 10.8 Å². The summed E-state index contributed by atoms with van der Waals surface area (Å²) in [5.41, 5.74) is 2.48. The van der Waals surface area contributed by atoms with E-state index in [9.17, 15) is 0 Å². The maximum absolute atomic E-state index is 5.85. The predicted molar refractivity (Wildman–Crippen MR) is 97.0 cm³/mol. The summed E-state index contributed by atoms with van der Waals surface area (Å²) in [5, 5.41) is 4.80. The molecule has 3 aromatic rings. The molecule has 0 bridgehead atoms. The van der Waals surface area contributed by atoms with Crippen LogP contribution in [-0.2, 0) is 13.1 Å². The van der Waals surface area contributed by atoms with Crippen LogP contribution in [0, 0.1) is 0 Å². The van der Waals surface area contributed by atoms with Gasteiger partial charge in [0, 0.05) is 5.56 Å². The van der Waals surface area contributed by atoms with E-state index in [-0.39, 0.29) is 0 Å². The van der Waals surface area contributed by atoms with Crippen molar-refractivity contribution in [3.05, 3.63) is 65.7 Å². The normalized spacial score (nSPS) is 12.5. The first-order chi connectivity index (χ1) is 12.3. The molecular weight excluding hydrogens is 314 g/mol. The van der Waals surface area contributed by atoms with Crippen LogP contribution in [0.25, 0.3) is 10.8 Å². The maximum Gasteiger partial charge on any atom is 0.231 e. The van der Waals surface area contributed by atoms with Crippen LogP contribution < -0.4 is 19.5 Å². The second-order valence-corrected chi connectivity index (χ2v) is 6.08. The Bertz CT molecular complexity index is 891. The van der Waals surface area contributed by atoms with Gasteiger partial charge in [-0.25, -0.2) is 0 Å². The van der Waals surface area contributed by atoms with Crippen molar-refractivity contribution in [2.75, 3.05) is 13.4 Å². The highest BCUT2D eigenvalue weighted by atomic mass is 16.7. The molecule has 0 aromatic heterocycles. The fourth-order valence-electron chi connectivity index (χ4n) is 3.27. The minimum absolute atomic E-state index is 0.316. The average Bonchev–Trinajstić information content (AvgIpc) is 3.11. The molecule has 0 atom stereocenters. The molecule has 2 N–H and O–H groups in total. The van der Waals surface area contributed by atoms with E-state index in [0.29, 0.717) is 13.4 Å². The van der Waals surface area contributed by atoms with Gasteiger partial charge < -0.3 is 19.5 Å². The largest absolute Gasteiger partial charge is 0.493 e. The lowest BCUT2D eigenvalue weighted by molar-refractivity contribution is -0.686. The first kappa shape index (κ1) is 15.8. The van der Waals surface area contributed by atoms with E-state index in [2.05, 4.69) is 53.8 Å². The van der Waals surface area contributed by atoms with Crippen molar-refractivity contribution in [2.45, 2.75) is 20.0 Å². The lowest BCUT2D eigenvalue weighted by Gasteiger charge is -2.13. The van der Waals surface area contributed by atoms with Crippen LogP contribution in [0.3, 0.4) is 0 Å². The average molecular weight is 336 g/mol. The van der Waals surface area contributed by atoms with Gasteiger partial charge in [-0.1, -0.05) is 30.3 Å². The summed E-state index contributed by atoms with van der Waals surface area (Å²) in [5.74, 6) is 2.64. The standard InChI is InChI=1S/C21H21NO3/c1-2-23-19-10-8-16-5-3-4-6-17(16)18(19)13-22-12-15-7-9-20-21(11-15)25-14-24-20/h3-11,22H,2,12-14H2,1H3/p+1. The smallest absolute Gasteiger partial charge is 0.231 e. The molecule has 0 saturated heterocycles. The van der Waals surface area contributed by atoms with E-state index in [1.807, 2.05) is 13.0 Å². The molecule has 128 valence electrons. The van der Waals surface area contributed by atoms with Gasteiger partial charge in [0.15, 0.2) is 11.5 Å². The zero-order valence-corrected chi connectivity index (χ0v) is 14.3. The zero-order chi connectivity index (χ0) is 17.1. The third kappa shape index (κ3) is 3.26. The Hall–Kier alpha value is -2.72. The van der Waals surface area contributed by atoms with E-state index in [4.69, 9.17) is 14.2 Å². The molecule has 4 nitrogen and oxygen atoms in total. The number of hydrogen-bond acceptors (Lipinski definition) is 3. The topological polar surface area (TPSA) is 44.3 Å². The van der Waals surface area contributed by atoms with Crippen LogP contribution in [0.4, 0.5) is 0 Å². The van der Waals surface area contributed by atoms with E-state index in [0.717, 1.165) is 30.3 Å². The molecule has 0 aliphatic carbocycles. The maximum atomic E-state index is 5.85. The van der Waals surface area contributed by atoms with E-state index in [1.54, 1.807) is 0 Å². The highest BCUT2D eigenvalue weighted by molar-refractivity contribution is 5.87. The van der Waals surface area contributed by atoms with Crippen molar-refractivity contribution in [1.82, 2.24) is 0 Å². The summed E-state index contributed by atoms with van der Waals surface area (Å²) in [7, 11) is 0. The summed E-state index contributed by atoms with van der Waals surface area (Å²) in [4.78, 5) is 0. The Morgan fingerprint density at radius 2 is 1.84 bits per heavy atom. The third-order valence-corrected chi connectivity index (χ3v) is 4.46. The number of quaternary nitrogens is 1. The monoisotopic (exact) mass is 336 g/mol. The Labute approximate surface area is 147 Å². The molecule has 0 radical (unpaired) electrons. The molecule has 0 unspecified atom stereocenters. The van der Waals surface area contributed by atoms with Gasteiger partial charge in [0.2, 0.25) is 6.79 Å². The van der Waals surface area contributed by atoms with Gasteiger partial charge in [-0.3, -0.25) is 0 Å². The van der Waals surface area contributed by atoms with Gasteiger partial charge >= 0.3 is 0 Å². The first-order valence-corrected chi connectivity index (χ1v) is 8.69.